The van der Waals surface area contributed by atoms with Crippen LogP contribution in [-0.4, -0.2) is 54.1 Å². The lowest BCUT2D eigenvalue weighted by Crippen LogP contribution is -2.42. The van der Waals surface area contributed by atoms with E-state index in [2.05, 4.69) is 15.9 Å². The second-order valence-electron chi connectivity index (χ2n) is 6.79. The normalized spacial score (nSPS) is 31.9. The van der Waals surface area contributed by atoms with Crippen LogP contribution < -0.4 is 0 Å². The molecule has 0 aliphatic carbocycles. The van der Waals surface area contributed by atoms with Crippen molar-refractivity contribution in [3.05, 3.63) is 23.7 Å². The van der Waals surface area contributed by atoms with Gasteiger partial charge in [0.1, 0.15) is 11.5 Å². The molecule has 0 saturated carbocycles. The Bertz CT molecular complexity index is 550. The second-order valence-corrected chi connectivity index (χ2v) is 6.79. The molecule has 5 nitrogen and oxygen atoms in total. The number of rotatable bonds is 3. The van der Waals surface area contributed by atoms with Crippen molar-refractivity contribution in [2.24, 2.45) is 5.92 Å². The highest BCUT2D eigenvalue weighted by Crippen LogP contribution is 2.34. The largest absolute Gasteiger partial charge is 0.465 e. The van der Waals surface area contributed by atoms with Crippen molar-refractivity contribution in [3.8, 4) is 0 Å². The van der Waals surface area contributed by atoms with E-state index in [0.717, 1.165) is 57.0 Å². The summed E-state index contributed by atoms with van der Waals surface area (Å²) in [6.45, 7) is 6.16. The fourth-order valence-electron chi connectivity index (χ4n) is 4.28. The monoisotopic (exact) mass is 304 g/mol. The Kier molecular flexibility index (Phi) is 3.70. The maximum absolute atomic E-state index is 12.7. The second kappa shape index (κ2) is 5.70. The third-order valence-electron chi connectivity index (χ3n) is 5.41. The van der Waals surface area contributed by atoms with Gasteiger partial charge >= 0.3 is 0 Å². The quantitative estimate of drug-likeness (QED) is 0.854. The SMILES string of the molecule is Cc1ccc(CN2CC[C@@H]3[C@@H]2CCN3C(=O)[C@H]2CCOC2)o1. The Morgan fingerprint density at radius 3 is 2.82 bits per heavy atom. The molecule has 0 unspecified atom stereocenters. The van der Waals surface area contributed by atoms with Crippen molar-refractivity contribution in [2.45, 2.75) is 44.8 Å². The molecule has 4 heterocycles. The van der Waals surface area contributed by atoms with Crippen molar-refractivity contribution in [1.82, 2.24) is 9.80 Å². The fraction of sp³-hybridized carbons (Fsp3) is 0.706. The van der Waals surface area contributed by atoms with Crippen LogP contribution in [0, 0.1) is 12.8 Å². The molecule has 3 aliphatic heterocycles. The van der Waals surface area contributed by atoms with Crippen LogP contribution in [0.2, 0.25) is 0 Å². The van der Waals surface area contributed by atoms with E-state index >= 15 is 0 Å². The summed E-state index contributed by atoms with van der Waals surface area (Å²) in [6.07, 6.45) is 3.06. The summed E-state index contributed by atoms with van der Waals surface area (Å²) in [7, 11) is 0. The van der Waals surface area contributed by atoms with Crippen molar-refractivity contribution in [1.29, 1.82) is 0 Å². The van der Waals surface area contributed by atoms with Crippen LogP contribution in [0.15, 0.2) is 16.5 Å². The Hall–Kier alpha value is -1.33. The van der Waals surface area contributed by atoms with Gasteiger partial charge < -0.3 is 14.1 Å². The van der Waals surface area contributed by atoms with Crippen molar-refractivity contribution in [2.75, 3.05) is 26.3 Å². The van der Waals surface area contributed by atoms with Crippen molar-refractivity contribution >= 4 is 5.91 Å². The number of aryl methyl sites for hydroxylation is 1. The molecule has 1 aromatic rings. The topological polar surface area (TPSA) is 45.9 Å². The minimum Gasteiger partial charge on any atom is -0.465 e. The first-order valence-electron chi connectivity index (χ1n) is 8.40. The van der Waals surface area contributed by atoms with E-state index in [0.29, 0.717) is 24.6 Å². The zero-order valence-corrected chi connectivity index (χ0v) is 13.2. The highest BCUT2D eigenvalue weighted by molar-refractivity contribution is 5.80. The first-order valence-corrected chi connectivity index (χ1v) is 8.40. The highest BCUT2D eigenvalue weighted by atomic mass is 16.5. The van der Waals surface area contributed by atoms with Gasteiger partial charge in [0.2, 0.25) is 5.91 Å². The first kappa shape index (κ1) is 14.3. The molecule has 22 heavy (non-hydrogen) atoms. The molecule has 1 amide bonds. The van der Waals surface area contributed by atoms with Gasteiger partial charge in [0.15, 0.2) is 0 Å². The highest BCUT2D eigenvalue weighted by Gasteiger charge is 2.45. The molecule has 0 radical (unpaired) electrons. The lowest BCUT2D eigenvalue weighted by molar-refractivity contribution is -0.136. The lowest BCUT2D eigenvalue weighted by Gasteiger charge is -2.27. The zero-order valence-electron chi connectivity index (χ0n) is 13.2. The Morgan fingerprint density at radius 1 is 1.23 bits per heavy atom. The minimum absolute atomic E-state index is 0.0977. The number of carbonyl (C=O) groups excluding carboxylic acids is 1. The number of hydrogen-bond acceptors (Lipinski definition) is 4. The third kappa shape index (κ3) is 2.46. The summed E-state index contributed by atoms with van der Waals surface area (Å²) in [6, 6.07) is 4.98. The number of furan rings is 1. The smallest absolute Gasteiger partial charge is 0.228 e. The molecule has 0 aromatic carbocycles. The molecule has 120 valence electrons. The Morgan fingerprint density at radius 2 is 2.09 bits per heavy atom. The molecule has 0 bridgehead atoms. The van der Waals surface area contributed by atoms with Crippen LogP contribution in [0.3, 0.4) is 0 Å². The summed E-state index contributed by atoms with van der Waals surface area (Å²) in [5.41, 5.74) is 0. The van der Waals surface area contributed by atoms with E-state index in [4.69, 9.17) is 9.15 Å². The van der Waals surface area contributed by atoms with Gasteiger partial charge in [-0.15, -0.1) is 0 Å². The molecule has 3 atom stereocenters. The Labute approximate surface area is 131 Å². The molecular weight excluding hydrogens is 280 g/mol. The number of hydrogen-bond donors (Lipinski definition) is 0. The summed E-state index contributed by atoms with van der Waals surface area (Å²) < 4.78 is 11.1. The maximum atomic E-state index is 12.7. The van der Waals surface area contributed by atoms with Gasteiger partial charge in [0.25, 0.3) is 0 Å². The van der Waals surface area contributed by atoms with Gasteiger partial charge in [-0.05, 0) is 38.3 Å². The van der Waals surface area contributed by atoms with E-state index in [9.17, 15) is 4.79 Å². The average molecular weight is 304 g/mol. The van der Waals surface area contributed by atoms with E-state index < -0.39 is 0 Å². The molecule has 5 heteroatoms. The van der Waals surface area contributed by atoms with Gasteiger partial charge in [-0.1, -0.05) is 0 Å². The van der Waals surface area contributed by atoms with Crippen LogP contribution in [0.4, 0.5) is 0 Å². The first-order chi connectivity index (χ1) is 10.7. The lowest BCUT2D eigenvalue weighted by atomic mass is 10.1. The van der Waals surface area contributed by atoms with Crippen LogP contribution in [0.5, 0.6) is 0 Å². The van der Waals surface area contributed by atoms with Gasteiger partial charge in [0, 0.05) is 31.8 Å². The van der Waals surface area contributed by atoms with Gasteiger partial charge in [-0.2, -0.15) is 0 Å². The number of ether oxygens (including phenoxy) is 1. The van der Waals surface area contributed by atoms with Crippen molar-refractivity contribution in [3.63, 3.8) is 0 Å². The number of carbonyl (C=O) groups is 1. The van der Waals surface area contributed by atoms with Crippen molar-refractivity contribution < 1.29 is 13.9 Å². The van der Waals surface area contributed by atoms with Gasteiger partial charge in [0.05, 0.1) is 19.1 Å². The predicted octanol–water partition coefficient (Wildman–Crippen LogP) is 1.80. The third-order valence-corrected chi connectivity index (χ3v) is 5.41. The number of nitrogens with zero attached hydrogens (tertiary/aromatic N) is 2. The molecule has 0 N–H and O–H groups in total. The number of amides is 1. The van der Waals surface area contributed by atoms with Gasteiger partial charge in [-0.25, -0.2) is 0 Å². The molecule has 3 fully saturated rings. The van der Waals surface area contributed by atoms with Crippen LogP contribution in [-0.2, 0) is 16.1 Å². The molecule has 3 saturated heterocycles. The summed E-state index contributed by atoms with van der Waals surface area (Å²) in [5.74, 6) is 2.42. The van der Waals surface area contributed by atoms with E-state index in [1.165, 1.54) is 0 Å². The molecule has 1 aromatic heterocycles. The minimum atomic E-state index is 0.0977. The average Bonchev–Trinajstić information content (AvgIpc) is 3.24. The standard InChI is InChI=1S/C17H24N2O3/c1-12-2-3-14(22-12)10-18-7-4-16-15(18)5-8-19(16)17(20)13-6-9-21-11-13/h2-3,13,15-16H,4-11H2,1H3/t13-,15-,16+/m0/s1. The maximum Gasteiger partial charge on any atom is 0.228 e. The molecule has 3 aliphatic rings. The molecular formula is C17H24N2O3. The van der Waals surface area contributed by atoms with E-state index in [1.807, 2.05) is 13.0 Å². The van der Waals surface area contributed by atoms with Crippen LogP contribution in [0.1, 0.15) is 30.8 Å². The summed E-state index contributed by atoms with van der Waals surface area (Å²) in [4.78, 5) is 17.3. The molecule has 0 spiro atoms. The number of likely N-dealkylation sites (tertiary alicyclic amines) is 2. The summed E-state index contributed by atoms with van der Waals surface area (Å²) >= 11 is 0. The number of fused-ring (bicyclic) bond motifs is 1. The van der Waals surface area contributed by atoms with Gasteiger partial charge in [-0.3, -0.25) is 9.69 Å². The Balaban J connectivity index is 1.41. The molecule has 4 rings (SSSR count). The zero-order chi connectivity index (χ0) is 15.1. The fourth-order valence-corrected chi connectivity index (χ4v) is 4.28. The summed E-state index contributed by atoms with van der Waals surface area (Å²) in [5, 5.41) is 0. The predicted molar refractivity (Wildman–Crippen MR) is 81.3 cm³/mol. The van der Waals surface area contributed by atoms with E-state index in [-0.39, 0.29) is 5.92 Å². The van der Waals surface area contributed by atoms with E-state index in [1.54, 1.807) is 0 Å². The van der Waals surface area contributed by atoms with Crippen LogP contribution in [0.25, 0.3) is 0 Å². The van der Waals surface area contributed by atoms with Crippen LogP contribution >= 0.6 is 0 Å².